The molecule has 2 heterocycles. The molecule has 1 saturated carbocycles. The molecule has 0 spiro atoms. The molecule has 4 heteroatoms. The standard InChI is InChI=1S/C12H21N3O/c16-12-14-10-5-1-2-6-11(10)15(12)9-4-3-7-13-8-9/h9-11,13H,1-8H2,(H,14,16). The first-order valence-corrected chi connectivity index (χ1v) is 6.66. The lowest BCUT2D eigenvalue weighted by atomic mass is 9.90. The molecule has 16 heavy (non-hydrogen) atoms. The molecule has 90 valence electrons. The molecule has 3 rings (SSSR count). The number of urea groups is 1. The normalized spacial score (nSPS) is 39.4. The predicted octanol–water partition coefficient (Wildman–Crippen LogP) is 1.07. The number of piperidine rings is 1. The second kappa shape index (κ2) is 4.24. The number of hydrogen-bond acceptors (Lipinski definition) is 2. The van der Waals surface area contributed by atoms with Gasteiger partial charge in [-0.3, -0.25) is 0 Å². The van der Waals surface area contributed by atoms with Gasteiger partial charge in [0.1, 0.15) is 0 Å². The molecule has 1 aliphatic carbocycles. The van der Waals surface area contributed by atoms with E-state index >= 15 is 0 Å². The zero-order chi connectivity index (χ0) is 11.0. The van der Waals surface area contributed by atoms with E-state index in [0.717, 1.165) is 13.1 Å². The Labute approximate surface area is 96.8 Å². The Bertz CT molecular complexity index is 275. The molecule has 0 radical (unpaired) electrons. The Morgan fingerprint density at radius 3 is 2.81 bits per heavy atom. The highest BCUT2D eigenvalue weighted by molar-refractivity contribution is 5.78. The van der Waals surface area contributed by atoms with Crippen LogP contribution < -0.4 is 10.6 Å². The highest BCUT2D eigenvalue weighted by Crippen LogP contribution is 2.30. The Balaban J connectivity index is 1.74. The molecule has 2 N–H and O–H groups in total. The molecule has 2 aliphatic heterocycles. The van der Waals surface area contributed by atoms with E-state index < -0.39 is 0 Å². The number of carbonyl (C=O) groups excluding carboxylic acids is 1. The summed E-state index contributed by atoms with van der Waals surface area (Å²) in [4.78, 5) is 14.2. The average molecular weight is 223 g/mol. The topological polar surface area (TPSA) is 44.4 Å². The van der Waals surface area contributed by atoms with Crippen LogP contribution in [0, 0.1) is 0 Å². The molecule has 3 atom stereocenters. The number of nitrogens with one attached hydrogen (secondary N) is 2. The molecule has 3 unspecified atom stereocenters. The van der Waals surface area contributed by atoms with Gasteiger partial charge in [0.25, 0.3) is 0 Å². The second-order valence-electron chi connectivity index (χ2n) is 5.32. The van der Waals surface area contributed by atoms with E-state index in [1.807, 2.05) is 0 Å². The number of rotatable bonds is 1. The molecular formula is C12H21N3O. The van der Waals surface area contributed by atoms with Crippen LogP contribution in [0.25, 0.3) is 0 Å². The summed E-state index contributed by atoms with van der Waals surface area (Å²) in [6.45, 7) is 2.09. The molecule has 4 nitrogen and oxygen atoms in total. The third-order valence-electron chi connectivity index (χ3n) is 4.29. The van der Waals surface area contributed by atoms with Crippen LogP contribution in [0.15, 0.2) is 0 Å². The quantitative estimate of drug-likeness (QED) is 0.698. The molecule has 2 saturated heterocycles. The minimum Gasteiger partial charge on any atom is -0.333 e. The first-order valence-electron chi connectivity index (χ1n) is 6.66. The van der Waals surface area contributed by atoms with Gasteiger partial charge in [-0.15, -0.1) is 0 Å². The van der Waals surface area contributed by atoms with Gasteiger partial charge >= 0.3 is 6.03 Å². The lowest BCUT2D eigenvalue weighted by molar-refractivity contribution is 0.140. The van der Waals surface area contributed by atoms with Crippen LogP contribution >= 0.6 is 0 Å². The van der Waals surface area contributed by atoms with Gasteiger partial charge in [-0.1, -0.05) is 12.8 Å². The fourth-order valence-electron chi connectivity index (χ4n) is 3.50. The third-order valence-corrected chi connectivity index (χ3v) is 4.29. The minimum atomic E-state index is 0.186. The van der Waals surface area contributed by atoms with Gasteiger partial charge in [0, 0.05) is 12.6 Å². The SMILES string of the molecule is O=C1NC2CCCCC2N1C1CCCNC1. The summed E-state index contributed by atoms with van der Waals surface area (Å²) in [6.07, 6.45) is 7.30. The number of fused-ring (bicyclic) bond motifs is 1. The summed E-state index contributed by atoms with van der Waals surface area (Å²) in [7, 11) is 0. The molecular weight excluding hydrogens is 202 g/mol. The number of carbonyl (C=O) groups is 1. The lowest BCUT2D eigenvalue weighted by Gasteiger charge is -2.37. The maximum atomic E-state index is 12.0. The van der Waals surface area contributed by atoms with Gasteiger partial charge < -0.3 is 15.5 Å². The maximum absolute atomic E-state index is 12.0. The Kier molecular flexibility index (Phi) is 2.75. The van der Waals surface area contributed by atoms with Crippen LogP contribution in [0.2, 0.25) is 0 Å². The van der Waals surface area contributed by atoms with E-state index in [4.69, 9.17) is 0 Å². The zero-order valence-corrected chi connectivity index (χ0v) is 9.74. The average Bonchev–Trinajstić information content (AvgIpc) is 2.66. The molecule has 3 aliphatic rings. The Morgan fingerprint density at radius 2 is 2.00 bits per heavy atom. The van der Waals surface area contributed by atoms with E-state index in [1.54, 1.807) is 0 Å². The fourth-order valence-corrected chi connectivity index (χ4v) is 3.50. The van der Waals surface area contributed by atoms with Crippen molar-refractivity contribution in [2.24, 2.45) is 0 Å². The summed E-state index contributed by atoms with van der Waals surface area (Å²) < 4.78 is 0. The summed E-state index contributed by atoms with van der Waals surface area (Å²) in [6, 6.07) is 1.53. The number of hydrogen-bond donors (Lipinski definition) is 2. The van der Waals surface area contributed by atoms with Gasteiger partial charge in [0.2, 0.25) is 0 Å². The van der Waals surface area contributed by atoms with Crippen LogP contribution in [0.3, 0.4) is 0 Å². The van der Waals surface area contributed by atoms with E-state index in [1.165, 1.54) is 38.5 Å². The van der Waals surface area contributed by atoms with E-state index in [-0.39, 0.29) is 6.03 Å². The summed E-state index contributed by atoms with van der Waals surface area (Å²) in [5.41, 5.74) is 0. The lowest BCUT2D eigenvalue weighted by Crippen LogP contribution is -2.51. The summed E-state index contributed by atoms with van der Waals surface area (Å²) >= 11 is 0. The molecule has 0 bridgehead atoms. The Hall–Kier alpha value is -0.770. The van der Waals surface area contributed by atoms with Crippen molar-refractivity contribution in [3.63, 3.8) is 0 Å². The van der Waals surface area contributed by atoms with Crippen molar-refractivity contribution >= 4 is 6.03 Å². The molecule has 0 aromatic heterocycles. The van der Waals surface area contributed by atoms with Crippen LogP contribution in [0.1, 0.15) is 38.5 Å². The molecule has 3 fully saturated rings. The van der Waals surface area contributed by atoms with Crippen molar-refractivity contribution < 1.29 is 4.79 Å². The first-order chi connectivity index (χ1) is 7.86. The fraction of sp³-hybridized carbons (Fsp3) is 0.917. The molecule has 0 aromatic carbocycles. The van der Waals surface area contributed by atoms with Gasteiger partial charge in [0.15, 0.2) is 0 Å². The zero-order valence-electron chi connectivity index (χ0n) is 9.74. The molecule has 0 aromatic rings. The largest absolute Gasteiger partial charge is 0.333 e. The van der Waals surface area contributed by atoms with Crippen molar-refractivity contribution in [1.82, 2.24) is 15.5 Å². The number of nitrogens with zero attached hydrogens (tertiary/aromatic N) is 1. The first kappa shape index (κ1) is 10.4. The number of amides is 2. The highest BCUT2D eigenvalue weighted by Gasteiger charge is 2.43. The van der Waals surface area contributed by atoms with Crippen LogP contribution in [0.5, 0.6) is 0 Å². The maximum Gasteiger partial charge on any atom is 0.318 e. The van der Waals surface area contributed by atoms with Gasteiger partial charge in [0.05, 0.1) is 12.1 Å². The third kappa shape index (κ3) is 1.69. The van der Waals surface area contributed by atoms with Crippen LogP contribution in [0.4, 0.5) is 4.79 Å². The van der Waals surface area contributed by atoms with Crippen molar-refractivity contribution in [2.75, 3.05) is 13.1 Å². The van der Waals surface area contributed by atoms with Gasteiger partial charge in [-0.05, 0) is 32.2 Å². The van der Waals surface area contributed by atoms with Gasteiger partial charge in [-0.25, -0.2) is 4.79 Å². The van der Waals surface area contributed by atoms with Crippen molar-refractivity contribution in [3.8, 4) is 0 Å². The Morgan fingerprint density at radius 1 is 1.12 bits per heavy atom. The highest BCUT2D eigenvalue weighted by atomic mass is 16.2. The van der Waals surface area contributed by atoms with Crippen molar-refractivity contribution in [2.45, 2.75) is 56.7 Å². The second-order valence-corrected chi connectivity index (χ2v) is 5.32. The predicted molar refractivity (Wildman–Crippen MR) is 62.3 cm³/mol. The molecule has 2 amide bonds. The smallest absolute Gasteiger partial charge is 0.318 e. The van der Waals surface area contributed by atoms with Crippen molar-refractivity contribution in [1.29, 1.82) is 0 Å². The summed E-state index contributed by atoms with van der Waals surface area (Å²) in [5, 5.41) is 6.57. The van der Waals surface area contributed by atoms with E-state index in [0.29, 0.717) is 18.1 Å². The van der Waals surface area contributed by atoms with E-state index in [2.05, 4.69) is 15.5 Å². The summed E-state index contributed by atoms with van der Waals surface area (Å²) in [5.74, 6) is 0. The van der Waals surface area contributed by atoms with Crippen LogP contribution in [-0.2, 0) is 0 Å². The monoisotopic (exact) mass is 223 g/mol. The van der Waals surface area contributed by atoms with Crippen LogP contribution in [-0.4, -0.2) is 42.1 Å². The van der Waals surface area contributed by atoms with Crippen molar-refractivity contribution in [3.05, 3.63) is 0 Å². The van der Waals surface area contributed by atoms with Gasteiger partial charge in [-0.2, -0.15) is 0 Å². The minimum absolute atomic E-state index is 0.186. The van der Waals surface area contributed by atoms with E-state index in [9.17, 15) is 4.79 Å².